The van der Waals surface area contributed by atoms with Crippen LogP contribution < -0.4 is 14.8 Å². The number of methoxy groups -OCH3 is 1. The van der Waals surface area contributed by atoms with Crippen molar-refractivity contribution in [3.8, 4) is 11.5 Å². The van der Waals surface area contributed by atoms with Gasteiger partial charge in [0.1, 0.15) is 28.5 Å². The molecule has 0 bridgehead atoms. The summed E-state index contributed by atoms with van der Waals surface area (Å²) >= 11 is 1.18. The molecule has 30 heavy (non-hydrogen) atoms. The minimum absolute atomic E-state index is 0.0609. The van der Waals surface area contributed by atoms with Crippen LogP contribution in [0.2, 0.25) is 0 Å². The number of nitrogens with zero attached hydrogens (tertiary/aromatic N) is 1. The normalized spacial score (nSPS) is 26.4. The van der Waals surface area contributed by atoms with Crippen molar-refractivity contribution in [3.63, 3.8) is 0 Å². The summed E-state index contributed by atoms with van der Waals surface area (Å²) in [4.78, 5) is 51.9. The topological polar surface area (TPSA) is 122 Å². The Labute approximate surface area is 178 Å². The smallest absolute Gasteiger partial charge is 0.327 e. The number of amides is 2. The van der Waals surface area contributed by atoms with Gasteiger partial charge in [0.15, 0.2) is 5.78 Å². The number of ether oxygens (including phenoxy) is 2. The Bertz CT molecular complexity index is 932. The first-order chi connectivity index (χ1) is 14.0. The molecule has 0 radical (unpaired) electrons. The maximum atomic E-state index is 13.2. The number of carboxylic acid groups (broad SMARTS) is 1. The molecule has 3 atom stereocenters. The second kappa shape index (κ2) is 7.50. The second-order valence-corrected chi connectivity index (χ2v) is 9.35. The van der Waals surface area contributed by atoms with E-state index in [2.05, 4.69) is 5.32 Å². The standard InChI is InChI=1S/C20H24N2O7S/c1-6-29-12-9-7-8-11(28-5)13(12)15(24)21-20(10(2)23)17(27)22-14(16(25)26)19(3,4)30-18(20)22/h7-9,14,18H,6H2,1-5H3,(H,21,24)(H,25,26)/t14-,18+,20-/m0/s1. The number of aliphatic carboxylic acids is 1. The van der Waals surface area contributed by atoms with Gasteiger partial charge < -0.3 is 24.8 Å². The van der Waals surface area contributed by atoms with Gasteiger partial charge in [0, 0.05) is 4.75 Å². The van der Waals surface area contributed by atoms with Gasteiger partial charge in [0.05, 0.1) is 13.7 Å². The van der Waals surface area contributed by atoms with Crippen LogP contribution in [-0.2, 0) is 14.4 Å². The fraction of sp³-hybridized carbons (Fsp3) is 0.500. The van der Waals surface area contributed by atoms with E-state index < -0.39 is 45.3 Å². The molecular formula is C20H24N2O7S. The van der Waals surface area contributed by atoms with Crippen LogP contribution in [0.1, 0.15) is 38.1 Å². The first-order valence-corrected chi connectivity index (χ1v) is 10.3. The molecule has 2 aliphatic rings. The lowest BCUT2D eigenvalue weighted by Gasteiger charge is -2.51. The Morgan fingerprint density at radius 1 is 1.27 bits per heavy atom. The minimum atomic E-state index is -1.85. The molecule has 3 rings (SSSR count). The summed E-state index contributed by atoms with van der Waals surface area (Å²) in [5, 5.41) is 11.4. The number of ketones is 1. The van der Waals surface area contributed by atoms with Gasteiger partial charge >= 0.3 is 5.97 Å². The van der Waals surface area contributed by atoms with Gasteiger partial charge in [0.2, 0.25) is 5.54 Å². The number of nitrogens with one attached hydrogen (secondary N) is 1. The molecule has 10 heteroatoms. The van der Waals surface area contributed by atoms with Gasteiger partial charge in [-0.05, 0) is 39.8 Å². The number of β-lactam (4-membered cyclic amide) rings is 1. The number of thioether (sulfide) groups is 1. The van der Waals surface area contributed by atoms with Crippen LogP contribution in [0.3, 0.4) is 0 Å². The zero-order valence-corrected chi connectivity index (χ0v) is 18.2. The summed E-state index contributed by atoms with van der Waals surface area (Å²) in [6.07, 6.45) is 0. The zero-order valence-electron chi connectivity index (χ0n) is 17.3. The second-order valence-electron chi connectivity index (χ2n) is 7.61. The van der Waals surface area contributed by atoms with E-state index in [1.807, 2.05) is 0 Å². The number of carbonyl (C=O) groups excluding carboxylic acids is 3. The summed E-state index contributed by atoms with van der Waals surface area (Å²) < 4.78 is 9.95. The van der Waals surface area contributed by atoms with E-state index >= 15 is 0 Å². The summed E-state index contributed by atoms with van der Waals surface area (Å²) in [5.41, 5.74) is -1.79. The number of carboxylic acids is 1. The highest BCUT2D eigenvalue weighted by Gasteiger charge is 2.74. The molecule has 0 aliphatic carbocycles. The summed E-state index contributed by atoms with van der Waals surface area (Å²) in [6.45, 7) is 6.66. The zero-order chi connectivity index (χ0) is 22.4. The lowest BCUT2D eigenvalue weighted by atomic mass is 9.81. The van der Waals surface area contributed by atoms with Crippen LogP contribution in [-0.4, -0.2) is 69.0 Å². The average Bonchev–Trinajstić information content (AvgIpc) is 2.94. The predicted molar refractivity (Wildman–Crippen MR) is 109 cm³/mol. The molecule has 9 nitrogen and oxygen atoms in total. The first-order valence-electron chi connectivity index (χ1n) is 9.39. The Balaban J connectivity index is 2.01. The quantitative estimate of drug-likeness (QED) is 0.484. The Kier molecular flexibility index (Phi) is 5.48. The highest BCUT2D eigenvalue weighted by molar-refractivity contribution is 8.01. The number of hydrogen-bond acceptors (Lipinski definition) is 7. The van der Waals surface area contributed by atoms with E-state index in [9.17, 15) is 24.3 Å². The Morgan fingerprint density at radius 2 is 1.90 bits per heavy atom. The van der Waals surface area contributed by atoms with E-state index in [0.29, 0.717) is 6.61 Å². The Hall–Kier alpha value is -2.75. The lowest BCUT2D eigenvalue weighted by Crippen LogP contribution is -2.82. The molecule has 2 heterocycles. The van der Waals surface area contributed by atoms with Gasteiger partial charge in [0.25, 0.3) is 11.8 Å². The van der Waals surface area contributed by atoms with Crippen LogP contribution in [0.4, 0.5) is 0 Å². The van der Waals surface area contributed by atoms with Crippen molar-refractivity contribution in [2.75, 3.05) is 13.7 Å². The molecule has 0 unspecified atom stereocenters. The maximum absolute atomic E-state index is 13.2. The first kappa shape index (κ1) is 21.9. The van der Waals surface area contributed by atoms with E-state index in [4.69, 9.17) is 9.47 Å². The van der Waals surface area contributed by atoms with Crippen molar-refractivity contribution in [2.24, 2.45) is 0 Å². The molecule has 2 N–H and O–H groups in total. The van der Waals surface area contributed by atoms with Gasteiger partial charge in [-0.3, -0.25) is 14.4 Å². The molecule has 1 aromatic carbocycles. The molecular weight excluding hydrogens is 412 g/mol. The minimum Gasteiger partial charge on any atom is -0.496 e. The number of carbonyl (C=O) groups is 4. The van der Waals surface area contributed by atoms with Gasteiger partial charge in [-0.2, -0.15) is 0 Å². The third kappa shape index (κ3) is 3.01. The molecule has 1 aromatic rings. The Morgan fingerprint density at radius 3 is 2.43 bits per heavy atom. The van der Waals surface area contributed by atoms with Crippen molar-refractivity contribution < 1.29 is 33.8 Å². The highest BCUT2D eigenvalue weighted by atomic mass is 32.2. The SMILES string of the molecule is CCOc1cccc(OC)c1C(=O)N[C@@]1(C(C)=O)C(=O)N2[C@@H](C(=O)O)C(C)(C)S[C@@H]21. The van der Waals surface area contributed by atoms with Gasteiger partial charge in [-0.15, -0.1) is 11.8 Å². The van der Waals surface area contributed by atoms with E-state index in [1.54, 1.807) is 39.0 Å². The largest absolute Gasteiger partial charge is 0.496 e. The van der Waals surface area contributed by atoms with Crippen LogP contribution in [0.15, 0.2) is 18.2 Å². The monoisotopic (exact) mass is 436 g/mol. The van der Waals surface area contributed by atoms with Gasteiger partial charge in [-0.25, -0.2) is 4.79 Å². The third-order valence-corrected chi connectivity index (χ3v) is 7.02. The van der Waals surface area contributed by atoms with Crippen molar-refractivity contribution in [3.05, 3.63) is 23.8 Å². The molecule has 162 valence electrons. The average molecular weight is 436 g/mol. The van der Waals surface area contributed by atoms with Crippen LogP contribution in [0, 0.1) is 0 Å². The molecule has 0 saturated carbocycles. The van der Waals surface area contributed by atoms with Gasteiger partial charge in [-0.1, -0.05) is 6.07 Å². The maximum Gasteiger partial charge on any atom is 0.327 e. The van der Waals surface area contributed by atoms with Crippen LogP contribution >= 0.6 is 11.8 Å². The number of Topliss-reactive ketones (excluding diaryl/α,β-unsaturated/α-hetero) is 1. The van der Waals surface area contributed by atoms with E-state index in [0.717, 1.165) is 0 Å². The molecule has 2 saturated heterocycles. The molecule has 0 aromatic heterocycles. The fourth-order valence-electron chi connectivity index (χ4n) is 4.01. The van der Waals surface area contributed by atoms with Crippen molar-refractivity contribution >= 4 is 35.3 Å². The predicted octanol–water partition coefficient (Wildman–Crippen LogP) is 1.30. The third-order valence-electron chi connectivity index (χ3n) is 5.38. The van der Waals surface area contributed by atoms with Crippen molar-refractivity contribution in [2.45, 2.75) is 49.4 Å². The summed E-state index contributed by atoms with van der Waals surface area (Å²) in [7, 11) is 1.39. The number of rotatable bonds is 7. The molecule has 2 aliphatic heterocycles. The molecule has 0 spiro atoms. The molecule has 2 amide bonds. The van der Waals surface area contributed by atoms with Crippen molar-refractivity contribution in [1.82, 2.24) is 10.2 Å². The lowest BCUT2D eigenvalue weighted by molar-refractivity contribution is -0.170. The molecule has 2 fully saturated rings. The fourth-order valence-corrected chi connectivity index (χ4v) is 5.76. The summed E-state index contributed by atoms with van der Waals surface area (Å²) in [6, 6.07) is 3.71. The highest BCUT2D eigenvalue weighted by Crippen LogP contribution is 2.55. The van der Waals surface area contributed by atoms with E-state index in [1.165, 1.54) is 30.7 Å². The summed E-state index contributed by atoms with van der Waals surface area (Å²) in [5.74, 6) is -2.69. The van der Waals surface area contributed by atoms with E-state index in [-0.39, 0.29) is 17.1 Å². The number of benzene rings is 1. The number of hydrogen-bond donors (Lipinski definition) is 2. The van der Waals surface area contributed by atoms with Crippen LogP contribution in [0.5, 0.6) is 11.5 Å². The van der Waals surface area contributed by atoms with Crippen molar-refractivity contribution in [1.29, 1.82) is 0 Å². The number of fused-ring (bicyclic) bond motifs is 1. The van der Waals surface area contributed by atoms with Crippen LogP contribution in [0.25, 0.3) is 0 Å².